The van der Waals surface area contributed by atoms with Gasteiger partial charge in [-0.1, -0.05) is 18.2 Å². The van der Waals surface area contributed by atoms with Gasteiger partial charge in [-0.25, -0.2) is 8.42 Å². The van der Waals surface area contributed by atoms with Crippen LogP contribution in [-0.4, -0.2) is 40.7 Å². The van der Waals surface area contributed by atoms with E-state index in [9.17, 15) is 8.42 Å². The summed E-state index contributed by atoms with van der Waals surface area (Å²) in [4.78, 5) is 2.91. The van der Waals surface area contributed by atoms with Gasteiger partial charge in [-0.2, -0.15) is 0 Å². The lowest BCUT2D eigenvalue weighted by atomic mass is 10.1. The number of hydrogen-bond acceptors (Lipinski definition) is 5. The minimum atomic E-state index is -3.52. The van der Waals surface area contributed by atoms with E-state index in [-0.39, 0.29) is 4.90 Å². The monoisotopic (exact) mass is 344 g/mol. The molecule has 0 amide bonds. The fourth-order valence-corrected chi connectivity index (χ4v) is 4.71. The molecular weight excluding hydrogens is 324 g/mol. The molecule has 2 aliphatic heterocycles. The van der Waals surface area contributed by atoms with Crippen LogP contribution in [0.25, 0.3) is 0 Å². The van der Waals surface area contributed by atoms with Gasteiger partial charge >= 0.3 is 0 Å². The second kappa shape index (κ2) is 6.11. The lowest BCUT2D eigenvalue weighted by molar-refractivity contribution is 0.300. The average Bonchev–Trinajstić information content (AvgIpc) is 3.16. The number of rotatable bonds is 3. The van der Waals surface area contributed by atoms with Crippen molar-refractivity contribution in [3.8, 4) is 5.75 Å². The second-order valence-electron chi connectivity index (χ2n) is 6.13. The van der Waals surface area contributed by atoms with Crippen molar-refractivity contribution < 1.29 is 13.2 Å². The largest absolute Gasteiger partial charge is 0.490 e. The van der Waals surface area contributed by atoms with E-state index in [1.54, 1.807) is 36.4 Å². The summed E-state index contributed by atoms with van der Waals surface area (Å²) in [5.74, 6) is 0.658. The van der Waals surface area contributed by atoms with Crippen molar-refractivity contribution in [3.05, 3.63) is 48.5 Å². The Morgan fingerprint density at radius 2 is 1.92 bits per heavy atom. The van der Waals surface area contributed by atoms with E-state index in [2.05, 4.69) is 10.2 Å². The summed E-state index contributed by atoms with van der Waals surface area (Å²) >= 11 is 0. The van der Waals surface area contributed by atoms with E-state index >= 15 is 0 Å². The molecule has 4 rings (SSSR count). The molecule has 1 fully saturated rings. The Morgan fingerprint density at radius 3 is 2.67 bits per heavy atom. The molecule has 0 spiro atoms. The van der Waals surface area contributed by atoms with Crippen LogP contribution in [0.15, 0.2) is 58.3 Å². The molecule has 24 heavy (non-hydrogen) atoms. The molecule has 1 atom stereocenters. The Morgan fingerprint density at radius 1 is 1.08 bits per heavy atom. The molecule has 2 heterocycles. The first kappa shape index (κ1) is 15.5. The van der Waals surface area contributed by atoms with Crippen LogP contribution in [0.4, 0.5) is 5.69 Å². The topological polar surface area (TPSA) is 58.6 Å². The van der Waals surface area contributed by atoms with E-state index in [1.165, 1.54) is 0 Å². The summed E-state index contributed by atoms with van der Waals surface area (Å²) in [6.45, 7) is 3.41. The van der Waals surface area contributed by atoms with E-state index < -0.39 is 9.84 Å². The van der Waals surface area contributed by atoms with Crippen LogP contribution in [-0.2, 0) is 9.84 Å². The molecule has 6 heteroatoms. The van der Waals surface area contributed by atoms with E-state index in [1.807, 2.05) is 12.1 Å². The normalized spacial score (nSPS) is 20.5. The van der Waals surface area contributed by atoms with Crippen molar-refractivity contribution in [2.75, 3.05) is 31.1 Å². The Labute approximate surface area is 142 Å². The third-order valence-electron chi connectivity index (χ3n) is 4.67. The smallest absolute Gasteiger partial charge is 0.206 e. The maximum atomic E-state index is 12.8. The van der Waals surface area contributed by atoms with Crippen molar-refractivity contribution in [3.63, 3.8) is 0 Å². The highest BCUT2D eigenvalue weighted by molar-refractivity contribution is 7.91. The SMILES string of the molecule is O=S(=O)(c1ccccc1)c1ccc2c(c1)OCCN2C1CCNC1. The van der Waals surface area contributed by atoms with Gasteiger partial charge < -0.3 is 15.0 Å². The van der Waals surface area contributed by atoms with Gasteiger partial charge in [0, 0.05) is 18.7 Å². The third-order valence-corrected chi connectivity index (χ3v) is 6.44. The van der Waals surface area contributed by atoms with Crippen LogP contribution in [0.5, 0.6) is 5.75 Å². The molecule has 2 aromatic carbocycles. The number of benzene rings is 2. The van der Waals surface area contributed by atoms with Gasteiger partial charge in [0.15, 0.2) is 0 Å². The van der Waals surface area contributed by atoms with Gasteiger partial charge in [-0.3, -0.25) is 0 Å². The predicted molar refractivity (Wildman–Crippen MR) is 92.5 cm³/mol. The van der Waals surface area contributed by atoms with Crippen LogP contribution < -0.4 is 15.0 Å². The van der Waals surface area contributed by atoms with Crippen LogP contribution in [0.3, 0.4) is 0 Å². The first-order valence-corrected chi connectivity index (χ1v) is 9.69. The van der Waals surface area contributed by atoms with E-state index in [0.717, 1.165) is 31.7 Å². The Balaban J connectivity index is 1.71. The fraction of sp³-hybridized carbons (Fsp3) is 0.333. The van der Waals surface area contributed by atoms with Crippen molar-refractivity contribution in [1.82, 2.24) is 5.32 Å². The molecule has 0 aliphatic carbocycles. The average molecular weight is 344 g/mol. The number of anilines is 1. The Hall–Kier alpha value is -2.05. The summed E-state index contributed by atoms with van der Waals surface area (Å²) in [5, 5.41) is 3.38. The van der Waals surface area contributed by atoms with Crippen molar-refractivity contribution in [2.45, 2.75) is 22.3 Å². The molecule has 5 nitrogen and oxygen atoms in total. The zero-order valence-electron chi connectivity index (χ0n) is 13.3. The Bertz CT molecular complexity index is 831. The number of ether oxygens (including phenoxy) is 1. The number of hydrogen-bond donors (Lipinski definition) is 1. The lowest BCUT2D eigenvalue weighted by Gasteiger charge is -2.35. The highest BCUT2D eigenvalue weighted by atomic mass is 32.2. The number of nitrogens with one attached hydrogen (secondary N) is 1. The van der Waals surface area contributed by atoms with E-state index in [0.29, 0.717) is 23.3 Å². The first-order chi connectivity index (χ1) is 11.7. The number of nitrogens with zero attached hydrogens (tertiary/aromatic N) is 1. The van der Waals surface area contributed by atoms with Gasteiger partial charge in [0.2, 0.25) is 9.84 Å². The van der Waals surface area contributed by atoms with Crippen LogP contribution in [0.2, 0.25) is 0 Å². The van der Waals surface area contributed by atoms with Crippen LogP contribution >= 0.6 is 0 Å². The van der Waals surface area contributed by atoms with Crippen LogP contribution in [0.1, 0.15) is 6.42 Å². The summed E-state index contributed by atoms with van der Waals surface area (Å²) in [6, 6.07) is 14.2. The lowest BCUT2D eigenvalue weighted by Crippen LogP contribution is -2.42. The molecule has 1 saturated heterocycles. The standard InChI is InChI=1S/C18H20N2O3S/c21-24(22,15-4-2-1-3-5-15)16-6-7-17-18(12-16)23-11-10-20(17)14-8-9-19-13-14/h1-7,12,14,19H,8-11,13H2. The molecule has 1 unspecified atom stereocenters. The molecule has 0 bridgehead atoms. The molecule has 1 N–H and O–H groups in total. The molecule has 0 radical (unpaired) electrons. The fourth-order valence-electron chi connectivity index (χ4n) is 3.41. The quantitative estimate of drug-likeness (QED) is 0.924. The van der Waals surface area contributed by atoms with Gasteiger partial charge in [-0.15, -0.1) is 0 Å². The van der Waals surface area contributed by atoms with Crippen LogP contribution in [0, 0.1) is 0 Å². The minimum absolute atomic E-state index is 0.277. The van der Waals surface area contributed by atoms with Gasteiger partial charge in [-0.05, 0) is 37.2 Å². The Kier molecular flexibility index (Phi) is 3.94. The van der Waals surface area contributed by atoms with Crippen molar-refractivity contribution >= 4 is 15.5 Å². The summed E-state index contributed by atoms with van der Waals surface area (Å²) in [6.07, 6.45) is 1.10. The number of fused-ring (bicyclic) bond motifs is 1. The maximum Gasteiger partial charge on any atom is 0.206 e. The van der Waals surface area contributed by atoms with Crippen molar-refractivity contribution in [1.29, 1.82) is 0 Å². The second-order valence-corrected chi connectivity index (χ2v) is 8.08. The zero-order chi connectivity index (χ0) is 16.6. The molecule has 2 aliphatic rings. The molecule has 0 aromatic heterocycles. The van der Waals surface area contributed by atoms with E-state index in [4.69, 9.17) is 4.74 Å². The third kappa shape index (κ3) is 2.65. The number of sulfone groups is 1. The van der Waals surface area contributed by atoms with Gasteiger partial charge in [0.25, 0.3) is 0 Å². The molecular formula is C18H20N2O3S. The maximum absolute atomic E-state index is 12.8. The predicted octanol–water partition coefficient (Wildman–Crippen LogP) is 2.08. The minimum Gasteiger partial charge on any atom is -0.490 e. The summed E-state index contributed by atoms with van der Waals surface area (Å²) in [5.41, 5.74) is 0.988. The highest BCUT2D eigenvalue weighted by Crippen LogP contribution is 2.36. The molecule has 0 saturated carbocycles. The van der Waals surface area contributed by atoms with Gasteiger partial charge in [0.1, 0.15) is 12.4 Å². The highest BCUT2D eigenvalue weighted by Gasteiger charge is 2.29. The van der Waals surface area contributed by atoms with Gasteiger partial charge in [0.05, 0.1) is 22.0 Å². The van der Waals surface area contributed by atoms with Crippen molar-refractivity contribution in [2.24, 2.45) is 0 Å². The first-order valence-electron chi connectivity index (χ1n) is 8.20. The molecule has 126 valence electrons. The summed E-state index contributed by atoms with van der Waals surface area (Å²) in [7, 11) is -3.52. The zero-order valence-corrected chi connectivity index (χ0v) is 14.1. The summed E-state index contributed by atoms with van der Waals surface area (Å²) < 4.78 is 31.3. The molecule has 2 aromatic rings.